The van der Waals surface area contributed by atoms with Gasteiger partial charge in [0.05, 0.1) is 0 Å². The summed E-state index contributed by atoms with van der Waals surface area (Å²) < 4.78 is 16.7. The molecule has 0 spiro atoms. The molecule has 1 aliphatic heterocycles. The van der Waals surface area contributed by atoms with Gasteiger partial charge in [0.1, 0.15) is 16.8 Å². The number of hydrogen-bond acceptors (Lipinski definition) is 6. The highest BCUT2D eigenvalue weighted by molar-refractivity contribution is 5.70. The van der Waals surface area contributed by atoms with Crippen LogP contribution in [0.2, 0.25) is 0 Å². The van der Waals surface area contributed by atoms with E-state index in [1.54, 1.807) is 35.5 Å². The van der Waals surface area contributed by atoms with Crippen molar-refractivity contribution in [2.75, 3.05) is 39.3 Å². The van der Waals surface area contributed by atoms with E-state index in [9.17, 15) is 14.4 Å². The highest BCUT2D eigenvalue weighted by atomic mass is 16.6. The van der Waals surface area contributed by atoms with Crippen LogP contribution in [0.4, 0.5) is 14.4 Å². The van der Waals surface area contributed by atoms with Crippen molar-refractivity contribution in [1.29, 1.82) is 0 Å². The fraction of sp³-hybridized carbons (Fsp3) is 0.875. The Labute approximate surface area is 199 Å². The van der Waals surface area contributed by atoms with Crippen molar-refractivity contribution in [3.05, 3.63) is 0 Å². The first-order chi connectivity index (χ1) is 15.0. The molecule has 0 aromatic heterocycles. The maximum absolute atomic E-state index is 12.9. The van der Waals surface area contributed by atoms with E-state index in [-0.39, 0.29) is 25.3 Å². The first-order valence-corrected chi connectivity index (χ1v) is 11.9. The first-order valence-electron chi connectivity index (χ1n) is 11.9. The van der Waals surface area contributed by atoms with Crippen molar-refractivity contribution in [3.8, 4) is 0 Å². The number of carbonyl (C=O) groups excluding carboxylic acids is 3. The highest BCUT2D eigenvalue weighted by Gasteiger charge is 2.28. The van der Waals surface area contributed by atoms with E-state index in [0.29, 0.717) is 26.2 Å². The molecule has 192 valence electrons. The normalized spacial score (nSPS) is 17.5. The van der Waals surface area contributed by atoms with Gasteiger partial charge in [-0.2, -0.15) is 0 Å². The van der Waals surface area contributed by atoms with Crippen LogP contribution in [0.25, 0.3) is 0 Å². The average molecular weight is 472 g/mol. The Hall–Kier alpha value is -2.19. The van der Waals surface area contributed by atoms with E-state index in [4.69, 9.17) is 14.2 Å². The molecule has 1 saturated heterocycles. The standard InChI is InChI=1S/C24H45N3O6/c1-22(2,3)31-19(28)25-13-11-10-12-14-26(20(29)32-23(4,5)6)16-18-27(17-15-25)21(30)33-24(7,8)9/h10-18H2,1-9H3. The largest absolute Gasteiger partial charge is 0.444 e. The minimum atomic E-state index is -0.656. The van der Waals surface area contributed by atoms with Crippen molar-refractivity contribution in [1.82, 2.24) is 14.7 Å². The molecule has 3 amide bonds. The summed E-state index contributed by atoms with van der Waals surface area (Å²) in [5.41, 5.74) is -1.85. The Bertz CT molecular complexity index is 619. The van der Waals surface area contributed by atoms with Crippen LogP contribution in [-0.2, 0) is 14.2 Å². The van der Waals surface area contributed by atoms with Crippen molar-refractivity contribution in [2.24, 2.45) is 0 Å². The zero-order valence-electron chi connectivity index (χ0n) is 22.2. The summed E-state index contributed by atoms with van der Waals surface area (Å²) in [5.74, 6) is 0. The van der Waals surface area contributed by atoms with Gasteiger partial charge in [-0.25, -0.2) is 14.4 Å². The minimum Gasteiger partial charge on any atom is -0.444 e. The maximum atomic E-state index is 12.9. The summed E-state index contributed by atoms with van der Waals surface area (Å²) >= 11 is 0. The number of ether oxygens (including phenoxy) is 3. The van der Waals surface area contributed by atoms with Gasteiger partial charge in [-0.15, -0.1) is 0 Å². The minimum absolute atomic E-state index is 0.274. The van der Waals surface area contributed by atoms with E-state index in [1.165, 1.54) is 0 Å². The van der Waals surface area contributed by atoms with Crippen LogP contribution in [0.5, 0.6) is 0 Å². The Balaban J connectivity index is 3.01. The molecular weight excluding hydrogens is 426 g/mol. The Morgan fingerprint density at radius 3 is 0.939 bits per heavy atom. The maximum Gasteiger partial charge on any atom is 0.410 e. The second-order valence-electron chi connectivity index (χ2n) is 11.5. The van der Waals surface area contributed by atoms with Gasteiger partial charge in [0.2, 0.25) is 0 Å². The van der Waals surface area contributed by atoms with E-state index in [0.717, 1.165) is 19.3 Å². The monoisotopic (exact) mass is 471 g/mol. The number of rotatable bonds is 0. The van der Waals surface area contributed by atoms with Crippen LogP contribution in [-0.4, -0.2) is 89.1 Å². The summed E-state index contributed by atoms with van der Waals surface area (Å²) in [6.45, 7) is 18.6. The lowest BCUT2D eigenvalue weighted by Crippen LogP contribution is -2.48. The third-order valence-corrected chi connectivity index (χ3v) is 4.59. The second-order valence-corrected chi connectivity index (χ2v) is 11.5. The molecule has 0 bridgehead atoms. The van der Waals surface area contributed by atoms with Crippen LogP contribution >= 0.6 is 0 Å². The van der Waals surface area contributed by atoms with Crippen LogP contribution in [0.15, 0.2) is 0 Å². The quantitative estimate of drug-likeness (QED) is 0.468. The average Bonchev–Trinajstić information content (AvgIpc) is 2.57. The van der Waals surface area contributed by atoms with Gasteiger partial charge in [-0.05, 0) is 81.6 Å². The van der Waals surface area contributed by atoms with E-state index < -0.39 is 22.9 Å². The number of amides is 3. The molecule has 1 heterocycles. The molecule has 9 nitrogen and oxygen atoms in total. The molecule has 1 fully saturated rings. The summed E-state index contributed by atoms with van der Waals surface area (Å²) in [6.07, 6.45) is 1.14. The molecule has 0 aromatic carbocycles. The summed E-state index contributed by atoms with van der Waals surface area (Å²) in [5, 5.41) is 0. The predicted octanol–water partition coefficient (Wildman–Crippen LogP) is 4.88. The molecule has 0 atom stereocenters. The van der Waals surface area contributed by atoms with Gasteiger partial charge >= 0.3 is 18.3 Å². The molecule has 33 heavy (non-hydrogen) atoms. The zero-order chi connectivity index (χ0) is 25.4. The molecule has 0 radical (unpaired) electrons. The lowest BCUT2D eigenvalue weighted by molar-refractivity contribution is 0.00716. The van der Waals surface area contributed by atoms with Gasteiger partial charge in [-0.1, -0.05) is 0 Å². The first kappa shape index (κ1) is 28.8. The van der Waals surface area contributed by atoms with Gasteiger partial charge in [-0.3, -0.25) is 0 Å². The summed E-state index contributed by atoms with van der Waals surface area (Å²) in [4.78, 5) is 43.1. The fourth-order valence-corrected chi connectivity index (χ4v) is 3.13. The van der Waals surface area contributed by atoms with Crippen molar-refractivity contribution >= 4 is 18.3 Å². The lowest BCUT2D eigenvalue weighted by atomic mass is 10.2. The van der Waals surface area contributed by atoms with Crippen molar-refractivity contribution in [3.63, 3.8) is 0 Å². The number of nitrogens with zero attached hydrogens (tertiary/aromatic N) is 3. The van der Waals surface area contributed by atoms with Crippen LogP contribution < -0.4 is 0 Å². The number of carbonyl (C=O) groups is 3. The molecular formula is C24H45N3O6. The summed E-state index contributed by atoms with van der Waals surface area (Å²) in [7, 11) is 0. The van der Waals surface area contributed by atoms with E-state index >= 15 is 0 Å². The second kappa shape index (κ2) is 11.8. The SMILES string of the molecule is CC(C)(C)OC(=O)N1CCCCCN(C(=O)OC(C)(C)C)CCN(C(=O)OC(C)(C)C)CC1. The third-order valence-electron chi connectivity index (χ3n) is 4.59. The van der Waals surface area contributed by atoms with Gasteiger partial charge in [0.25, 0.3) is 0 Å². The Morgan fingerprint density at radius 2 is 0.697 bits per heavy atom. The molecule has 1 aliphatic rings. The van der Waals surface area contributed by atoms with Gasteiger partial charge < -0.3 is 28.9 Å². The van der Waals surface area contributed by atoms with E-state index in [2.05, 4.69) is 0 Å². The van der Waals surface area contributed by atoms with Gasteiger partial charge in [0.15, 0.2) is 0 Å². The smallest absolute Gasteiger partial charge is 0.410 e. The van der Waals surface area contributed by atoms with Crippen molar-refractivity contribution < 1.29 is 28.6 Å². The molecule has 0 saturated carbocycles. The molecule has 0 N–H and O–H groups in total. The van der Waals surface area contributed by atoms with Crippen molar-refractivity contribution in [2.45, 2.75) is 98.4 Å². The van der Waals surface area contributed by atoms with Crippen LogP contribution in [0.1, 0.15) is 81.6 Å². The molecule has 0 unspecified atom stereocenters. The predicted molar refractivity (Wildman–Crippen MR) is 127 cm³/mol. The third kappa shape index (κ3) is 12.6. The lowest BCUT2D eigenvalue weighted by Gasteiger charge is -2.33. The molecule has 9 heteroatoms. The summed E-state index contributed by atoms with van der Waals surface area (Å²) in [6, 6.07) is 0. The Kier molecular flexibility index (Phi) is 10.3. The fourth-order valence-electron chi connectivity index (χ4n) is 3.13. The van der Waals surface area contributed by atoms with Crippen LogP contribution in [0, 0.1) is 0 Å². The molecule has 0 aliphatic carbocycles. The molecule has 1 rings (SSSR count). The van der Waals surface area contributed by atoms with E-state index in [1.807, 2.05) is 41.5 Å². The Morgan fingerprint density at radius 1 is 0.455 bits per heavy atom. The highest BCUT2D eigenvalue weighted by Crippen LogP contribution is 2.15. The topological polar surface area (TPSA) is 88.6 Å². The number of hydrogen-bond donors (Lipinski definition) is 0. The van der Waals surface area contributed by atoms with Crippen LogP contribution in [0.3, 0.4) is 0 Å². The zero-order valence-corrected chi connectivity index (χ0v) is 22.2. The van der Waals surface area contributed by atoms with Gasteiger partial charge in [0, 0.05) is 39.3 Å². The molecule has 0 aromatic rings.